The van der Waals surface area contributed by atoms with Crippen LogP contribution in [0.4, 0.5) is 4.39 Å². The molecule has 0 atom stereocenters. The lowest BCUT2D eigenvalue weighted by Gasteiger charge is -2.22. The number of nitrogens with zero attached hydrogens (tertiary/aromatic N) is 2. The third kappa shape index (κ3) is 4.28. The zero-order valence-electron chi connectivity index (χ0n) is 12.4. The molecule has 3 rings (SSSR count). The predicted molar refractivity (Wildman–Crippen MR) is 87.4 cm³/mol. The van der Waals surface area contributed by atoms with E-state index in [0.29, 0.717) is 11.0 Å². The lowest BCUT2D eigenvalue weighted by Crippen LogP contribution is -2.36. The monoisotopic (exact) mass is 378 g/mol. The average Bonchev–Trinajstić information content (AvgIpc) is 3.37. The smallest absolute Gasteiger partial charge is 0.261 e. The summed E-state index contributed by atoms with van der Waals surface area (Å²) in [6.45, 7) is 0.332. The molecule has 0 spiro atoms. The molecule has 1 saturated carbocycles. The Kier molecular flexibility index (Phi) is 4.91. The van der Waals surface area contributed by atoms with Crippen molar-refractivity contribution >= 4 is 21.8 Å². The van der Waals surface area contributed by atoms with E-state index >= 15 is 0 Å². The maximum Gasteiger partial charge on any atom is 0.261 e. The van der Waals surface area contributed by atoms with Gasteiger partial charge in [-0.1, -0.05) is 22.0 Å². The minimum Gasteiger partial charge on any atom is -0.481 e. The minimum absolute atomic E-state index is 0.0821. The van der Waals surface area contributed by atoms with Gasteiger partial charge in [0.05, 0.1) is 0 Å². The standard InChI is InChI=1S/C17H16BrFN2O2/c18-13-3-6-16(15(19)8-13)23-11-17(22)21(14-4-5-14)10-12-2-1-7-20-9-12/h1-3,6-9,14H,4-5,10-11H2. The first-order valence-corrected chi connectivity index (χ1v) is 8.19. The predicted octanol–water partition coefficient (Wildman–Crippen LogP) is 3.55. The highest BCUT2D eigenvalue weighted by Gasteiger charge is 2.32. The first kappa shape index (κ1) is 15.9. The van der Waals surface area contributed by atoms with Gasteiger partial charge in [-0.2, -0.15) is 0 Å². The molecule has 0 unspecified atom stereocenters. The van der Waals surface area contributed by atoms with Gasteiger partial charge in [0.25, 0.3) is 5.91 Å². The summed E-state index contributed by atoms with van der Waals surface area (Å²) in [5.74, 6) is -0.547. The highest BCUT2D eigenvalue weighted by molar-refractivity contribution is 9.10. The van der Waals surface area contributed by atoms with E-state index in [1.807, 2.05) is 12.1 Å². The van der Waals surface area contributed by atoms with Gasteiger partial charge in [-0.15, -0.1) is 0 Å². The molecule has 4 nitrogen and oxygen atoms in total. The van der Waals surface area contributed by atoms with E-state index in [9.17, 15) is 9.18 Å². The van der Waals surface area contributed by atoms with Crippen LogP contribution >= 0.6 is 15.9 Å². The average molecular weight is 379 g/mol. The third-order valence-corrected chi connectivity index (χ3v) is 4.12. The van der Waals surface area contributed by atoms with Crippen LogP contribution in [0.15, 0.2) is 47.2 Å². The number of halogens is 2. The summed E-state index contributed by atoms with van der Waals surface area (Å²) in [7, 11) is 0. The molecule has 0 bridgehead atoms. The number of ether oxygens (including phenoxy) is 1. The number of carbonyl (C=O) groups excluding carboxylic acids is 1. The first-order chi connectivity index (χ1) is 11.1. The Bertz CT molecular complexity index is 692. The van der Waals surface area contributed by atoms with Gasteiger partial charge in [-0.25, -0.2) is 4.39 Å². The summed E-state index contributed by atoms with van der Waals surface area (Å²) in [5, 5.41) is 0. The van der Waals surface area contributed by atoms with Crippen LogP contribution in [-0.2, 0) is 11.3 Å². The van der Waals surface area contributed by atoms with E-state index in [4.69, 9.17) is 4.74 Å². The second-order valence-electron chi connectivity index (χ2n) is 5.48. The summed E-state index contributed by atoms with van der Waals surface area (Å²) in [5.41, 5.74) is 0.975. The molecule has 23 heavy (non-hydrogen) atoms. The zero-order chi connectivity index (χ0) is 16.2. The Labute approximate surface area is 142 Å². The molecule has 1 aliphatic rings. The van der Waals surface area contributed by atoms with Gasteiger partial charge in [-0.3, -0.25) is 9.78 Å². The van der Waals surface area contributed by atoms with Crippen molar-refractivity contribution in [3.8, 4) is 5.75 Å². The summed E-state index contributed by atoms with van der Waals surface area (Å²) in [6, 6.07) is 8.53. The Balaban J connectivity index is 1.62. The van der Waals surface area contributed by atoms with Crippen molar-refractivity contribution in [2.24, 2.45) is 0 Å². The molecular formula is C17H16BrFN2O2. The molecule has 1 aromatic carbocycles. The number of benzene rings is 1. The lowest BCUT2D eigenvalue weighted by atomic mass is 10.2. The van der Waals surface area contributed by atoms with Crippen LogP contribution in [0, 0.1) is 5.82 Å². The van der Waals surface area contributed by atoms with Crippen molar-refractivity contribution in [1.29, 1.82) is 0 Å². The van der Waals surface area contributed by atoms with Crippen molar-refractivity contribution in [2.45, 2.75) is 25.4 Å². The number of hydrogen-bond donors (Lipinski definition) is 0. The number of aromatic nitrogens is 1. The largest absolute Gasteiger partial charge is 0.481 e. The van der Waals surface area contributed by atoms with Gasteiger partial charge in [0, 0.05) is 29.5 Å². The fourth-order valence-electron chi connectivity index (χ4n) is 2.31. The van der Waals surface area contributed by atoms with Gasteiger partial charge in [-0.05, 0) is 42.7 Å². The molecule has 120 valence electrons. The van der Waals surface area contributed by atoms with Crippen LogP contribution < -0.4 is 4.74 Å². The van der Waals surface area contributed by atoms with Gasteiger partial charge in [0.1, 0.15) is 0 Å². The molecule has 2 aromatic rings. The van der Waals surface area contributed by atoms with Crippen LogP contribution in [-0.4, -0.2) is 28.4 Å². The number of hydrogen-bond acceptors (Lipinski definition) is 3. The maximum absolute atomic E-state index is 13.7. The van der Waals surface area contributed by atoms with Gasteiger partial charge in [0.2, 0.25) is 0 Å². The third-order valence-electron chi connectivity index (χ3n) is 3.63. The van der Waals surface area contributed by atoms with E-state index in [-0.39, 0.29) is 24.3 Å². The molecule has 1 fully saturated rings. The highest BCUT2D eigenvalue weighted by Crippen LogP contribution is 2.29. The number of pyridine rings is 1. The SMILES string of the molecule is O=C(COc1ccc(Br)cc1F)N(Cc1cccnc1)C1CC1. The van der Waals surface area contributed by atoms with E-state index in [2.05, 4.69) is 20.9 Å². The van der Waals surface area contributed by atoms with E-state index in [1.165, 1.54) is 12.1 Å². The van der Waals surface area contributed by atoms with Crippen LogP contribution in [0.2, 0.25) is 0 Å². The minimum atomic E-state index is -0.489. The fourth-order valence-corrected chi connectivity index (χ4v) is 2.64. The van der Waals surface area contributed by atoms with Crippen molar-refractivity contribution < 1.29 is 13.9 Å². The van der Waals surface area contributed by atoms with Crippen LogP contribution in [0.25, 0.3) is 0 Å². The molecule has 0 N–H and O–H groups in total. The normalized spacial score (nSPS) is 13.7. The second kappa shape index (κ2) is 7.08. The molecule has 0 saturated heterocycles. The Morgan fingerprint density at radius 2 is 2.22 bits per heavy atom. The topological polar surface area (TPSA) is 42.4 Å². The quantitative estimate of drug-likeness (QED) is 0.771. The zero-order valence-corrected chi connectivity index (χ0v) is 14.0. The maximum atomic E-state index is 13.7. The van der Waals surface area contributed by atoms with Crippen molar-refractivity contribution in [3.63, 3.8) is 0 Å². The molecule has 6 heteroatoms. The molecule has 0 aliphatic heterocycles. The fraction of sp³-hybridized carbons (Fsp3) is 0.294. The van der Waals surface area contributed by atoms with Crippen LogP contribution in [0.5, 0.6) is 5.75 Å². The Morgan fingerprint density at radius 3 is 2.87 bits per heavy atom. The summed E-state index contributed by atoms with van der Waals surface area (Å²) >= 11 is 3.19. The molecule has 1 amide bonds. The Morgan fingerprint density at radius 1 is 1.39 bits per heavy atom. The van der Waals surface area contributed by atoms with Gasteiger partial charge >= 0.3 is 0 Å². The number of rotatable bonds is 6. The van der Waals surface area contributed by atoms with E-state index < -0.39 is 5.82 Å². The molecule has 1 aliphatic carbocycles. The second-order valence-corrected chi connectivity index (χ2v) is 6.39. The van der Waals surface area contributed by atoms with Gasteiger partial charge in [0.15, 0.2) is 18.2 Å². The summed E-state index contributed by atoms with van der Waals surface area (Å²) in [6.07, 6.45) is 5.45. The number of carbonyl (C=O) groups is 1. The summed E-state index contributed by atoms with van der Waals surface area (Å²) < 4.78 is 19.7. The lowest BCUT2D eigenvalue weighted by molar-refractivity contribution is -0.134. The molecule has 1 heterocycles. The molecule has 0 radical (unpaired) electrons. The van der Waals surface area contributed by atoms with E-state index in [1.54, 1.807) is 23.4 Å². The van der Waals surface area contributed by atoms with Crippen molar-refractivity contribution in [1.82, 2.24) is 9.88 Å². The molecule has 1 aromatic heterocycles. The highest BCUT2D eigenvalue weighted by atomic mass is 79.9. The van der Waals surface area contributed by atoms with Crippen LogP contribution in [0.3, 0.4) is 0 Å². The van der Waals surface area contributed by atoms with E-state index in [0.717, 1.165) is 18.4 Å². The number of amides is 1. The van der Waals surface area contributed by atoms with Gasteiger partial charge < -0.3 is 9.64 Å². The van der Waals surface area contributed by atoms with Crippen molar-refractivity contribution in [3.05, 3.63) is 58.6 Å². The first-order valence-electron chi connectivity index (χ1n) is 7.39. The molecular weight excluding hydrogens is 363 g/mol. The Hall–Kier alpha value is -1.95. The van der Waals surface area contributed by atoms with Crippen molar-refractivity contribution in [2.75, 3.05) is 6.61 Å². The van der Waals surface area contributed by atoms with Crippen LogP contribution in [0.1, 0.15) is 18.4 Å². The summed E-state index contributed by atoms with van der Waals surface area (Å²) in [4.78, 5) is 18.3.